The summed E-state index contributed by atoms with van der Waals surface area (Å²) < 4.78 is 0. The van der Waals surface area contributed by atoms with Crippen LogP contribution in [0.2, 0.25) is 0 Å². The van der Waals surface area contributed by atoms with Crippen molar-refractivity contribution in [2.75, 3.05) is 11.7 Å². The Hall–Kier alpha value is -1.35. The molecule has 1 amide bonds. The van der Waals surface area contributed by atoms with E-state index >= 15 is 0 Å². The van der Waals surface area contributed by atoms with Crippen molar-refractivity contribution in [3.8, 4) is 0 Å². The van der Waals surface area contributed by atoms with Gasteiger partial charge in [0.2, 0.25) is 0 Å². The van der Waals surface area contributed by atoms with Crippen LogP contribution in [0.15, 0.2) is 30.3 Å². The highest BCUT2D eigenvalue weighted by Crippen LogP contribution is 2.14. The van der Waals surface area contributed by atoms with Gasteiger partial charge in [-0.1, -0.05) is 25.1 Å². The summed E-state index contributed by atoms with van der Waals surface area (Å²) in [6.45, 7) is 4.16. The van der Waals surface area contributed by atoms with Crippen molar-refractivity contribution < 1.29 is 9.63 Å². The van der Waals surface area contributed by atoms with Gasteiger partial charge in [0.15, 0.2) is 0 Å². The zero-order valence-electron chi connectivity index (χ0n) is 8.56. The summed E-state index contributed by atoms with van der Waals surface area (Å²) in [5.41, 5.74) is 0.779. The third-order valence-corrected chi connectivity index (χ3v) is 1.78. The summed E-state index contributed by atoms with van der Waals surface area (Å²) in [5, 5.41) is 1.35. The minimum absolute atomic E-state index is 0.0296. The quantitative estimate of drug-likeness (QED) is 0.687. The lowest BCUT2D eigenvalue weighted by molar-refractivity contribution is -0.125. The van der Waals surface area contributed by atoms with E-state index in [1.54, 1.807) is 0 Å². The van der Waals surface area contributed by atoms with E-state index in [1.165, 1.54) is 5.06 Å². The van der Waals surface area contributed by atoms with E-state index in [-0.39, 0.29) is 5.91 Å². The average Bonchev–Trinajstić information content (AvgIpc) is 2.26. The first-order valence-corrected chi connectivity index (χ1v) is 4.80. The number of anilines is 1. The van der Waals surface area contributed by atoms with Crippen molar-refractivity contribution in [3.05, 3.63) is 30.3 Å². The molecule has 3 nitrogen and oxygen atoms in total. The van der Waals surface area contributed by atoms with Crippen molar-refractivity contribution in [1.82, 2.24) is 0 Å². The molecule has 3 heteroatoms. The molecule has 0 saturated heterocycles. The Kier molecular flexibility index (Phi) is 4.13. The number of hydroxylamine groups is 1. The minimum atomic E-state index is -0.0296. The first kappa shape index (κ1) is 10.7. The zero-order valence-corrected chi connectivity index (χ0v) is 8.56. The number of nitrogens with zero attached hydrogens (tertiary/aromatic N) is 1. The Labute approximate surface area is 84.2 Å². The second kappa shape index (κ2) is 5.40. The molecular formula is C11H15NO2. The standard InChI is InChI=1S/C11H15NO2/c1-3-11(13)12(14-4-2)10-8-6-5-7-9-10/h5-9H,3-4H2,1-2H3. The third kappa shape index (κ3) is 2.57. The van der Waals surface area contributed by atoms with Gasteiger partial charge in [-0.15, -0.1) is 0 Å². The van der Waals surface area contributed by atoms with Gasteiger partial charge in [-0.2, -0.15) is 5.06 Å². The molecule has 0 atom stereocenters. The molecule has 1 aromatic carbocycles. The monoisotopic (exact) mass is 193 g/mol. The number of hydrogen-bond acceptors (Lipinski definition) is 2. The van der Waals surface area contributed by atoms with Gasteiger partial charge in [0, 0.05) is 6.42 Å². The second-order valence-electron chi connectivity index (χ2n) is 2.79. The van der Waals surface area contributed by atoms with Gasteiger partial charge < -0.3 is 0 Å². The molecular weight excluding hydrogens is 178 g/mol. The number of carbonyl (C=O) groups is 1. The van der Waals surface area contributed by atoms with Gasteiger partial charge in [-0.05, 0) is 19.1 Å². The van der Waals surface area contributed by atoms with E-state index in [0.717, 1.165) is 5.69 Å². The Morgan fingerprint density at radius 1 is 1.29 bits per heavy atom. The zero-order chi connectivity index (χ0) is 10.4. The van der Waals surface area contributed by atoms with Crippen LogP contribution < -0.4 is 5.06 Å². The molecule has 0 N–H and O–H groups in total. The van der Waals surface area contributed by atoms with Crippen LogP contribution in [0.4, 0.5) is 5.69 Å². The van der Waals surface area contributed by atoms with Crippen LogP contribution in [-0.4, -0.2) is 12.5 Å². The van der Waals surface area contributed by atoms with Crippen LogP contribution >= 0.6 is 0 Å². The van der Waals surface area contributed by atoms with Gasteiger partial charge >= 0.3 is 0 Å². The highest BCUT2D eigenvalue weighted by atomic mass is 16.7. The smallest absolute Gasteiger partial charge is 0.250 e. The van der Waals surface area contributed by atoms with E-state index in [1.807, 2.05) is 44.2 Å². The van der Waals surface area contributed by atoms with Crippen LogP contribution in [0.25, 0.3) is 0 Å². The van der Waals surface area contributed by atoms with Gasteiger partial charge in [0.05, 0.1) is 12.3 Å². The van der Waals surface area contributed by atoms with E-state index in [0.29, 0.717) is 13.0 Å². The van der Waals surface area contributed by atoms with Crippen LogP contribution in [-0.2, 0) is 9.63 Å². The number of carbonyl (C=O) groups excluding carboxylic acids is 1. The predicted molar refractivity (Wildman–Crippen MR) is 55.8 cm³/mol. The highest BCUT2D eigenvalue weighted by Gasteiger charge is 2.13. The first-order valence-electron chi connectivity index (χ1n) is 4.80. The van der Waals surface area contributed by atoms with Crippen molar-refractivity contribution in [3.63, 3.8) is 0 Å². The summed E-state index contributed by atoms with van der Waals surface area (Å²) in [5.74, 6) is -0.0296. The molecule has 0 aromatic heterocycles. The van der Waals surface area contributed by atoms with Gasteiger partial charge in [0.25, 0.3) is 5.91 Å². The highest BCUT2D eigenvalue weighted by molar-refractivity contribution is 5.90. The molecule has 0 heterocycles. The fourth-order valence-electron chi connectivity index (χ4n) is 1.13. The topological polar surface area (TPSA) is 29.5 Å². The fraction of sp³-hybridized carbons (Fsp3) is 0.364. The minimum Gasteiger partial charge on any atom is -0.272 e. The van der Waals surface area contributed by atoms with E-state index < -0.39 is 0 Å². The summed E-state index contributed by atoms with van der Waals surface area (Å²) in [6, 6.07) is 9.37. The van der Waals surface area contributed by atoms with E-state index in [2.05, 4.69) is 0 Å². The molecule has 0 saturated carbocycles. The van der Waals surface area contributed by atoms with E-state index in [4.69, 9.17) is 4.84 Å². The summed E-state index contributed by atoms with van der Waals surface area (Å²) in [7, 11) is 0. The fourth-order valence-corrected chi connectivity index (χ4v) is 1.13. The molecule has 0 aliphatic rings. The predicted octanol–water partition coefficient (Wildman–Crippen LogP) is 2.38. The van der Waals surface area contributed by atoms with Gasteiger partial charge in [-0.25, -0.2) is 0 Å². The molecule has 76 valence electrons. The third-order valence-electron chi connectivity index (χ3n) is 1.78. The maximum atomic E-state index is 11.5. The van der Waals surface area contributed by atoms with Crippen LogP contribution in [0.5, 0.6) is 0 Å². The molecule has 0 aliphatic heterocycles. The lowest BCUT2D eigenvalue weighted by Gasteiger charge is -2.20. The largest absolute Gasteiger partial charge is 0.272 e. The molecule has 1 aromatic rings. The summed E-state index contributed by atoms with van der Waals surface area (Å²) in [6.07, 6.45) is 0.439. The van der Waals surface area contributed by atoms with Crippen LogP contribution in [0.3, 0.4) is 0 Å². The maximum absolute atomic E-state index is 11.5. The normalized spacial score (nSPS) is 9.86. The lowest BCUT2D eigenvalue weighted by Crippen LogP contribution is -2.30. The molecule has 0 radical (unpaired) electrons. The Morgan fingerprint density at radius 3 is 2.43 bits per heavy atom. The summed E-state index contributed by atoms with van der Waals surface area (Å²) >= 11 is 0. The number of benzene rings is 1. The Morgan fingerprint density at radius 2 is 1.93 bits per heavy atom. The molecule has 0 fully saturated rings. The number of rotatable bonds is 4. The molecule has 0 aliphatic carbocycles. The van der Waals surface area contributed by atoms with Crippen molar-refractivity contribution >= 4 is 11.6 Å². The SMILES string of the molecule is CCON(C(=O)CC)c1ccccc1. The molecule has 0 unspecified atom stereocenters. The van der Waals surface area contributed by atoms with Crippen LogP contribution in [0, 0.1) is 0 Å². The van der Waals surface area contributed by atoms with Crippen molar-refractivity contribution in [1.29, 1.82) is 0 Å². The summed E-state index contributed by atoms with van der Waals surface area (Å²) in [4.78, 5) is 16.8. The second-order valence-corrected chi connectivity index (χ2v) is 2.79. The first-order chi connectivity index (χ1) is 6.79. The maximum Gasteiger partial charge on any atom is 0.250 e. The average molecular weight is 193 g/mol. The Balaban J connectivity index is 2.83. The molecule has 1 rings (SSSR count). The Bertz CT molecular complexity index is 285. The van der Waals surface area contributed by atoms with Gasteiger partial charge in [0.1, 0.15) is 0 Å². The molecule has 0 spiro atoms. The molecule has 0 bridgehead atoms. The van der Waals surface area contributed by atoms with Crippen molar-refractivity contribution in [2.45, 2.75) is 20.3 Å². The lowest BCUT2D eigenvalue weighted by atomic mass is 10.3. The van der Waals surface area contributed by atoms with E-state index in [9.17, 15) is 4.79 Å². The number of amides is 1. The number of para-hydroxylation sites is 1. The van der Waals surface area contributed by atoms with Gasteiger partial charge in [-0.3, -0.25) is 9.63 Å². The van der Waals surface area contributed by atoms with Crippen molar-refractivity contribution in [2.24, 2.45) is 0 Å². The van der Waals surface area contributed by atoms with Crippen LogP contribution in [0.1, 0.15) is 20.3 Å². The molecule has 14 heavy (non-hydrogen) atoms. The number of hydrogen-bond donors (Lipinski definition) is 0.